The van der Waals surface area contributed by atoms with Crippen LogP contribution in [0.15, 0.2) is 0 Å². The van der Waals surface area contributed by atoms with Crippen molar-refractivity contribution in [2.24, 2.45) is 0 Å². The molecule has 0 radical (unpaired) electrons. The van der Waals surface area contributed by atoms with E-state index in [0.717, 1.165) is 0 Å². The van der Waals surface area contributed by atoms with Crippen molar-refractivity contribution in [3.63, 3.8) is 0 Å². The van der Waals surface area contributed by atoms with E-state index in [1.165, 1.54) is 0 Å². The fourth-order valence-corrected chi connectivity index (χ4v) is 0. The van der Waals surface area contributed by atoms with Gasteiger partial charge in [0.25, 0.3) is 0 Å². The number of hydrogen-bond acceptors (Lipinski definition) is 0. The minimum Gasteiger partial charge on any atom is -1.00 e. The molecule has 0 aromatic heterocycles. The molecule has 0 bridgehead atoms. The molecule has 0 aliphatic rings. The molecule has 16 valence electrons. The average molecular weight is 102 g/mol. The molecule has 0 atom stereocenters. The van der Waals surface area contributed by atoms with Gasteiger partial charge >= 0.3 is 60.8 Å². The van der Waals surface area contributed by atoms with Gasteiger partial charge in [0.15, 0.2) is 0 Å². The van der Waals surface area contributed by atoms with Crippen LogP contribution < -0.4 is 9.41 Å². The van der Waals surface area contributed by atoms with Crippen LogP contribution in [0, 0.1) is 0 Å². The molecule has 0 aromatic rings. The third-order valence-corrected chi connectivity index (χ3v) is 0. The zero-order chi connectivity index (χ0) is 0. The van der Waals surface area contributed by atoms with Crippen molar-refractivity contribution >= 4 is 60.8 Å². The molecule has 0 amide bonds. The number of hydrogen-bond donors (Lipinski definition) is 0. The molecule has 0 aliphatic carbocycles. The van der Waals surface area contributed by atoms with E-state index in [0.29, 0.717) is 0 Å². The van der Waals surface area contributed by atoms with Crippen LogP contribution in [-0.4, -0.2) is 60.8 Å². The van der Waals surface area contributed by atoms with Crippen molar-refractivity contribution in [3.8, 4) is 0 Å². The Labute approximate surface area is 69.2 Å². The van der Waals surface area contributed by atoms with E-state index in [1.807, 2.05) is 0 Å². The number of halogens is 2. The average Bonchev–Trinajstić information content (AvgIpc) is 0. The van der Waals surface area contributed by atoms with Crippen LogP contribution in [-0.2, 0) is 0 Å². The first kappa shape index (κ1) is 39.5. The molecule has 0 unspecified atom stereocenters. The van der Waals surface area contributed by atoms with Gasteiger partial charge in [-0.25, -0.2) is 0 Å². The predicted octanol–water partition coefficient (Wildman–Crippen LogP) is -6.75. The minimum atomic E-state index is 0. The van der Waals surface area contributed by atoms with E-state index >= 15 is 0 Å². The van der Waals surface area contributed by atoms with Gasteiger partial charge in [0.2, 0.25) is 0 Å². The molecule has 0 saturated heterocycles. The molecule has 0 aliphatic heterocycles. The molecule has 4 heteroatoms. The summed E-state index contributed by atoms with van der Waals surface area (Å²) in [6.07, 6.45) is 0. The summed E-state index contributed by atoms with van der Waals surface area (Å²) in [7, 11) is 0. The van der Waals surface area contributed by atoms with Crippen LogP contribution >= 0.6 is 0 Å². The van der Waals surface area contributed by atoms with Crippen molar-refractivity contribution in [1.82, 2.24) is 0 Å². The van der Waals surface area contributed by atoms with Crippen molar-refractivity contribution in [1.29, 1.82) is 0 Å². The van der Waals surface area contributed by atoms with Crippen LogP contribution in [0.3, 0.4) is 0 Å². The van der Waals surface area contributed by atoms with E-state index < -0.39 is 0 Å². The first-order chi connectivity index (χ1) is 0. The van der Waals surface area contributed by atoms with Crippen molar-refractivity contribution in [2.75, 3.05) is 0 Å². The van der Waals surface area contributed by atoms with Crippen LogP contribution in [0.1, 0.15) is 0 Å². The van der Waals surface area contributed by atoms with Crippen LogP contribution in [0.4, 0.5) is 0 Å². The third-order valence-electron chi connectivity index (χ3n) is 0. The summed E-state index contributed by atoms with van der Waals surface area (Å²) in [4.78, 5) is 0. The maximum absolute atomic E-state index is 0. The third kappa shape index (κ3) is 9.10. The molecule has 0 aromatic carbocycles. The molecule has 0 nitrogen and oxygen atoms in total. The molecular weight excluding hydrogens is 102 g/mol. The normalized spacial score (nSPS) is 0. The molecule has 0 rings (SSSR count). The van der Waals surface area contributed by atoms with Gasteiger partial charge in [0.1, 0.15) is 0 Å². The minimum absolute atomic E-state index is 0. The Morgan fingerprint density at radius 3 is 0.750 bits per heavy atom. The van der Waals surface area contributed by atoms with Crippen molar-refractivity contribution < 1.29 is 9.41 Å². The van der Waals surface area contributed by atoms with E-state index in [2.05, 4.69) is 0 Å². The Hall–Kier alpha value is 1.89. The SMILES string of the molecule is [Ca+2].[F-].[F-].[Mg+2]. The monoisotopic (exact) mass is 102 g/mol. The van der Waals surface area contributed by atoms with Gasteiger partial charge in [0, 0.05) is 0 Å². The first-order valence-electron chi connectivity index (χ1n) is 0. The Kier molecular flexibility index (Phi) is 205. The summed E-state index contributed by atoms with van der Waals surface area (Å²) in [6.45, 7) is 0. The molecule has 0 N–H and O–H groups in total. The second-order valence-electron chi connectivity index (χ2n) is 0. The molecular formula is CaF2Mg+2. The summed E-state index contributed by atoms with van der Waals surface area (Å²) in [5.74, 6) is 0. The van der Waals surface area contributed by atoms with Crippen molar-refractivity contribution in [2.45, 2.75) is 0 Å². The summed E-state index contributed by atoms with van der Waals surface area (Å²) in [6, 6.07) is 0. The molecule has 0 fully saturated rings. The van der Waals surface area contributed by atoms with Crippen LogP contribution in [0.5, 0.6) is 0 Å². The fourth-order valence-electron chi connectivity index (χ4n) is 0. The summed E-state index contributed by atoms with van der Waals surface area (Å²) in [5.41, 5.74) is 0. The van der Waals surface area contributed by atoms with E-state index in [-0.39, 0.29) is 70.2 Å². The Morgan fingerprint density at radius 2 is 0.750 bits per heavy atom. The van der Waals surface area contributed by atoms with Crippen molar-refractivity contribution in [3.05, 3.63) is 0 Å². The second-order valence-corrected chi connectivity index (χ2v) is 0. The Balaban J connectivity index is 0. The van der Waals surface area contributed by atoms with Gasteiger partial charge in [-0.05, 0) is 0 Å². The maximum Gasteiger partial charge on any atom is 2.00 e. The standard InChI is InChI=1S/Ca.2FH.Mg/h;2*1H;/q+2;;;+2/p-2. The van der Waals surface area contributed by atoms with Gasteiger partial charge in [-0.15, -0.1) is 0 Å². The van der Waals surface area contributed by atoms with Gasteiger partial charge in [-0.1, -0.05) is 0 Å². The largest absolute Gasteiger partial charge is 2.00 e. The smallest absolute Gasteiger partial charge is 1.00 e. The molecule has 0 saturated carbocycles. The van der Waals surface area contributed by atoms with Crippen LogP contribution in [0.25, 0.3) is 0 Å². The molecule has 4 heavy (non-hydrogen) atoms. The maximum atomic E-state index is 0. The summed E-state index contributed by atoms with van der Waals surface area (Å²) in [5, 5.41) is 0. The number of rotatable bonds is 0. The Bertz CT molecular complexity index is 6.00. The second kappa shape index (κ2) is 20.7. The first-order valence-corrected chi connectivity index (χ1v) is 0. The van der Waals surface area contributed by atoms with Crippen LogP contribution in [0.2, 0.25) is 0 Å². The van der Waals surface area contributed by atoms with Gasteiger partial charge < -0.3 is 9.41 Å². The fraction of sp³-hybridized carbons (Fsp3) is 0. The topological polar surface area (TPSA) is 0 Å². The van der Waals surface area contributed by atoms with Gasteiger partial charge in [-0.3, -0.25) is 0 Å². The summed E-state index contributed by atoms with van der Waals surface area (Å²) < 4.78 is 0. The zero-order valence-corrected chi connectivity index (χ0v) is 5.79. The predicted molar refractivity (Wildman–Crippen MR) is 11.5 cm³/mol. The van der Waals surface area contributed by atoms with Gasteiger partial charge in [-0.2, -0.15) is 0 Å². The quantitative estimate of drug-likeness (QED) is 0.267. The zero-order valence-electron chi connectivity index (χ0n) is 2.17. The van der Waals surface area contributed by atoms with E-state index in [9.17, 15) is 0 Å². The molecule has 0 spiro atoms. The van der Waals surface area contributed by atoms with Gasteiger partial charge in [0.05, 0.1) is 0 Å². The summed E-state index contributed by atoms with van der Waals surface area (Å²) >= 11 is 0. The van der Waals surface area contributed by atoms with E-state index in [1.54, 1.807) is 0 Å². The Morgan fingerprint density at radius 1 is 0.750 bits per heavy atom. The van der Waals surface area contributed by atoms with E-state index in [4.69, 9.17) is 0 Å². The molecule has 0 heterocycles.